The third-order valence-electron chi connectivity index (χ3n) is 3.05. The van der Waals surface area contributed by atoms with Crippen molar-refractivity contribution in [1.29, 1.82) is 0 Å². The average Bonchev–Trinajstić information content (AvgIpc) is 2.76. The van der Waals surface area contributed by atoms with Crippen LogP contribution in [0.1, 0.15) is 25.7 Å². The summed E-state index contributed by atoms with van der Waals surface area (Å²) in [7, 11) is 0. The molecule has 0 radical (unpaired) electrons. The van der Waals surface area contributed by atoms with Crippen LogP contribution in [0.15, 0.2) is 0 Å². The maximum Gasteiger partial charge on any atom is 0.246 e. The van der Waals surface area contributed by atoms with E-state index in [1.54, 1.807) is 0 Å². The number of amides is 1. The standard InChI is InChI=1S/C11H22N2O2S/c1-16-11(4-2-3-5-11)9-13-10(14)8-15-7-6-12/h2-9,12H2,1H3,(H,13,14). The Morgan fingerprint density at radius 2 is 2.19 bits per heavy atom. The maximum absolute atomic E-state index is 11.4. The molecule has 0 aromatic rings. The van der Waals surface area contributed by atoms with Crippen LogP contribution in [0.2, 0.25) is 0 Å². The minimum Gasteiger partial charge on any atom is -0.370 e. The van der Waals surface area contributed by atoms with Crippen LogP contribution in [-0.4, -0.2) is 43.2 Å². The summed E-state index contributed by atoms with van der Waals surface area (Å²) in [5.74, 6) is -0.0335. The Labute approximate surface area is 102 Å². The predicted octanol–water partition coefficient (Wildman–Crippen LogP) is 0.754. The lowest BCUT2D eigenvalue weighted by molar-refractivity contribution is -0.125. The van der Waals surface area contributed by atoms with Crippen LogP contribution in [-0.2, 0) is 9.53 Å². The minimum absolute atomic E-state index is 0.0335. The van der Waals surface area contributed by atoms with Gasteiger partial charge in [-0.25, -0.2) is 0 Å². The first kappa shape index (κ1) is 13.8. The van der Waals surface area contributed by atoms with Gasteiger partial charge in [-0.05, 0) is 19.1 Å². The van der Waals surface area contributed by atoms with Crippen molar-refractivity contribution in [3.05, 3.63) is 0 Å². The summed E-state index contributed by atoms with van der Waals surface area (Å²) in [6.07, 6.45) is 7.10. The lowest BCUT2D eigenvalue weighted by Crippen LogP contribution is -2.40. The topological polar surface area (TPSA) is 64.3 Å². The van der Waals surface area contributed by atoms with E-state index in [2.05, 4.69) is 11.6 Å². The number of hydrogen-bond donors (Lipinski definition) is 2. The van der Waals surface area contributed by atoms with Crippen molar-refractivity contribution >= 4 is 17.7 Å². The van der Waals surface area contributed by atoms with E-state index in [1.807, 2.05) is 11.8 Å². The summed E-state index contributed by atoms with van der Waals surface area (Å²) in [6.45, 7) is 1.80. The molecule has 0 spiro atoms. The van der Waals surface area contributed by atoms with Crippen molar-refractivity contribution in [2.45, 2.75) is 30.4 Å². The van der Waals surface area contributed by atoms with E-state index in [0.717, 1.165) is 6.54 Å². The molecule has 1 saturated carbocycles. The van der Waals surface area contributed by atoms with E-state index < -0.39 is 0 Å². The van der Waals surface area contributed by atoms with Crippen molar-refractivity contribution in [2.24, 2.45) is 5.73 Å². The van der Waals surface area contributed by atoms with Gasteiger partial charge < -0.3 is 15.8 Å². The highest BCUT2D eigenvalue weighted by atomic mass is 32.2. The summed E-state index contributed by atoms with van der Waals surface area (Å²) in [6, 6.07) is 0. The Morgan fingerprint density at radius 1 is 1.50 bits per heavy atom. The predicted molar refractivity (Wildman–Crippen MR) is 67.6 cm³/mol. The van der Waals surface area contributed by atoms with Crippen LogP contribution in [0.4, 0.5) is 0 Å². The highest BCUT2D eigenvalue weighted by molar-refractivity contribution is 8.00. The average molecular weight is 246 g/mol. The molecule has 0 atom stereocenters. The molecule has 16 heavy (non-hydrogen) atoms. The number of carbonyl (C=O) groups is 1. The Kier molecular flexibility index (Phi) is 6.16. The lowest BCUT2D eigenvalue weighted by atomic mass is 10.1. The zero-order valence-corrected chi connectivity index (χ0v) is 10.8. The van der Waals surface area contributed by atoms with Crippen molar-refractivity contribution < 1.29 is 9.53 Å². The van der Waals surface area contributed by atoms with Gasteiger partial charge in [-0.2, -0.15) is 11.8 Å². The molecular weight excluding hydrogens is 224 g/mol. The number of hydrogen-bond acceptors (Lipinski definition) is 4. The van der Waals surface area contributed by atoms with E-state index in [0.29, 0.717) is 13.2 Å². The second kappa shape index (κ2) is 7.14. The quantitative estimate of drug-likeness (QED) is 0.651. The van der Waals surface area contributed by atoms with Crippen LogP contribution in [0, 0.1) is 0 Å². The van der Waals surface area contributed by atoms with E-state index >= 15 is 0 Å². The molecule has 1 aliphatic carbocycles. The highest BCUT2D eigenvalue weighted by Gasteiger charge is 2.33. The van der Waals surface area contributed by atoms with E-state index in [-0.39, 0.29) is 17.3 Å². The molecule has 0 aromatic carbocycles. The molecule has 0 unspecified atom stereocenters. The highest BCUT2D eigenvalue weighted by Crippen LogP contribution is 2.39. The van der Waals surface area contributed by atoms with Gasteiger partial charge in [-0.15, -0.1) is 0 Å². The number of thioether (sulfide) groups is 1. The second-order valence-electron chi connectivity index (χ2n) is 4.21. The van der Waals surface area contributed by atoms with Crippen LogP contribution in [0.5, 0.6) is 0 Å². The van der Waals surface area contributed by atoms with Gasteiger partial charge in [0.15, 0.2) is 0 Å². The Hall–Kier alpha value is -0.260. The zero-order chi connectivity index (χ0) is 11.9. The molecule has 1 amide bonds. The van der Waals surface area contributed by atoms with Crippen molar-refractivity contribution in [3.63, 3.8) is 0 Å². The third-order valence-corrected chi connectivity index (χ3v) is 4.47. The van der Waals surface area contributed by atoms with Gasteiger partial charge in [-0.1, -0.05) is 12.8 Å². The molecule has 5 heteroatoms. The molecular formula is C11H22N2O2S. The van der Waals surface area contributed by atoms with E-state index in [4.69, 9.17) is 10.5 Å². The normalized spacial score (nSPS) is 18.6. The first-order valence-electron chi connectivity index (χ1n) is 5.82. The molecule has 1 rings (SSSR count). The van der Waals surface area contributed by atoms with Crippen molar-refractivity contribution in [1.82, 2.24) is 5.32 Å². The van der Waals surface area contributed by atoms with E-state index in [9.17, 15) is 4.79 Å². The fourth-order valence-corrected chi connectivity index (χ4v) is 2.94. The molecule has 4 nitrogen and oxygen atoms in total. The molecule has 0 aliphatic heterocycles. The number of nitrogens with one attached hydrogen (secondary N) is 1. The first-order valence-corrected chi connectivity index (χ1v) is 7.04. The Morgan fingerprint density at radius 3 is 2.75 bits per heavy atom. The second-order valence-corrected chi connectivity index (χ2v) is 5.49. The summed E-state index contributed by atoms with van der Waals surface area (Å²) in [5.41, 5.74) is 5.27. The Balaban J connectivity index is 2.19. The van der Waals surface area contributed by atoms with Crippen LogP contribution < -0.4 is 11.1 Å². The fourth-order valence-electron chi connectivity index (χ4n) is 2.03. The van der Waals surface area contributed by atoms with Crippen molar-refractivity contribution in [3.8, 4) is 0 Å². The number of ether oxygens (including phenoxy) is 1. The SMILES string of the molecule is CSC1(CNC(=O)COCCN)CCCC1. The smallest absolute Gasteiger partial charge is 0.246 e. The summed E-state index contributed by atoms with van der Waals surface area (Å²) in [5, 5.41) is 2.95. The van der Waals surface area contributed by atoms with Crippen LogP contribution in [0.25, 0.3) is 0 Å². The monoisotopic (exact) mass is 246 g/mol. The molecule has 94 valence electrons. The van der Waals surface area contributed by atoms with Gasteiger partial charge in [0.25, 0.3) is 0 Å². The number of nitrogens with two attached hydrogens (primary N) is 1. The molecule has 1 aliphatic rings. The molecule has 0 heterocycles. The Bertz CT molecular complexity index is 218. The molecule has 0 aromatic heterocycles. The van der Waals surface area contributed by atoms with E-state index in [1.165, 1.54) is 25.7 Å². The van der Waals surface area contributed by atoms with Crippen LogP contribution in [0.3, 0.4) is 0 Å². The summed E-state index contributed by atoms with van der Waals surface area (Å²) >= 11 is 1.87. The lowest BCUT2D eigenvalue weighted by Gasteiger charge is -2.26. The molecule has 3 N–H and O–H groups in total. The molecule has 0 bridgehead atoms. The molecule has 0 saturated heterocycles. The van der Waals surface area contributed by atoms with Gasteiger partial charge in [0.05, 0.1) is 6.61 Å². The number of rotatable bonds is 7. The fraction of sp³-hybridized carbons (Fsp3) is 0.909. The van der Waals surface area contributed by atoms with Gasteiger partial charge >= 0.3 is 0 Å². The third kappa shape index (κ3) is 4.31. The van der Waals surface area contributed by atoms with Gasteiger partial charge in [0.1, 0.15) is 6.61 Å². The summed E-state index contributed by atoms with van der Waals surface area (Å²) < 4.78 is 5.35. The largest absolute Gasteiger partial charge is 0.370 e. The zero-order valence-electron chi connectivity index (χ0n) is 9.96. The number of carbonyl (C=O) groups excluding carboxylic acids is 1. The van der Waals surface area contributed by atoms with Crippen molar-refractivity contribution in [2.75, 3.05) is 32.6 Å². The minimum atomic E-state index is -0.0335. The van der Waals surface area contributed by atoms with Gasteiger partial charge in [-0.3, -0.25) is 4.79 Å². The molecule has 1 fully saturated rings. The van der Waals surface area contributed by atoms with Gasteiger partial charge in [0, 0.05) is 17.8 Å². The maximum atomic E-state index is 11.4. The summed E-state index contributed by atoms with van der Waals surface area (Å²) in [4.78, 5) is 11.4. The van der Waals surface area contributed by atoms with Crippen LogP contribution >= 0.6 is 11.8 Å². The first-order chi connectivity index (χ1) is 7.72. The van der Waals surface area contributed by atoms with Gasteiger partial charge in [0.2, 0.25) is 5.91 Å².